The Morgan fingerprint density at radius 1 is 1.04 bits per heavy atom. The SMILES string of the molecule is Cc1ccc2cc(C(=O)Nc3ccc4oc(C5CC5)nc4c3)c(C)nc2c1. The number of anilines is 1. The number of pyridine rings is 1. The number of carbonyl (C=O) groups excluding carboxylic acids is 1. The Kier molecular flexibility index (Phi) is 3.50. The van der Waals surface area contributed by atoms with Crippen molar-refractivity contribution >= 4 is 33.6 Å². The number of amides is 1. The highest BCUT2D eigenvalue weighted by Gasteiger charge is 2.28. The van der Waals surface area contributed by atoms with Gasteiger partial charge in [0.05, 0.1) is 16.8 Å². The van der Waals surface area contributed by atoms with Gasteiger partial charge in [-0.3, -0.25) is 9.78 Å². The van der Waals surface area contributed by atoms with Crippen LogP contribution in [0.3, 0.4) is 0 Å². The number of hydrogen-bond donors (Lipinski definition) is 1. The number of carbonyl (C=O) groups is 1. The molecule has 5 rings (SSSR count). The summed E-state index contributed by atoms with van der Waals surface area (Å²) in [7, 11) is 0. The minimum Gasteiger partial charge on any atom is -0.440 e. The van der Waals surface area contributed by atoms with Gasteiger partial charge in [-0.05, 0) is 62.6 Å². The van der Waals surface area contributed by atoms with Crippen molar-refractivity contribution in [1.82, 2.24) is 9.97 Å². The average molecular weight is 357 g/mol. The maximum Gasteiger partial charge on any atom is 0.257 e. The first-order chi connectivity index (χ1) is 13.1. The highest BCUT2D eigenvalue weighted by Crippen LogP contribution is 2.40. The smallest absolute Gasteiger partial charge is 0.257 e. The summed E-state index contributed by atoms with van der Waals surface area (Å²) in [6, 6.07) is 13.5. The zero-order valence-electron chi connectivity index (χ0n) is 15.2. The van der Waals surface area contributed by atoms with Crippen LogP contribution in [0.4, 0.5) is 5.69 Å². The van der Waals surface area contributed by atoms with Crippen LogP contribution in [0.15, 0.2) is 46.9 Å². The van der Waals surface area contributed by atoms with Crippen LogP contribution < -0.4 is 5.32 Å². The highest BCUT2D eigenvalue weighted by molar-refractivity contribution is 6.07. The van der Waals surface area contributed by atoms with Gasteiger partial charge >= 0.3 is 0 Å². The van der Waals surface area contributed by atoms with Crippen molar-refractivity contribution in [2.24, 2.45) is 0 Å². The van der Waals surface area contributed by atoms with E-state index in [0.29, 0.717) is 22.9 Å². The predicted octanol–water partition coefficient (Wildman–Crippen LogP) is 5.12. The number of oxazole rings is 1. The number of rotatable bonds is 3. The quantitative estimate of drug-likeness (QED) is 0.552. The number of hydrogen-bond acceptors (Lipinski definition) is 4. The maximum atomic E-state index is 12.8. The Morgan fingerprint density at radius 2 is 1.89 bits per heavy atom. The Balaban J connectivity index is 1.45. The fourth-order valence-electron chi connectivity index (χ4n) is 3.33. The lowest BCUT2D eigenvalue weighted by atomic mass is 10.1. The van der Waals surface area contributed by atoms with E-state index in [1.54, 1.807) is 0 Å². The van der Waals surface area contributed by atoms with Crippen molar-refractivity contribution in [3.63, 3.8) is 0 Å². The fraction of sp³-hybridized carbons (Fsp3) is 0.227. The molecule has 5 nitrogen and oxygen atoms in total. The van der Waals surface area contributed by atoms with Crippen molar-refractivity contribution in [3.8, 4) is 0 Å². The lowest BCUT2D eigenvalue weighted by molar-refractivity contribution is 0.102. The van der Waals surface area contributed by atoms with Crippen molar-refractivity contribution in [1.29, 1.82) is 0 Å². The molecular formula is C22H19N3O2. The van der Waals surface area contributed by atoms with Crippen LogP contribution in [-0.4, -0.2) is 15.9 Å². The third-order valence-electron chi connectivity index (χ3n) is 5.00. The first kappa shape index (κ1) is 16.0. The lowest BCUT2D eigenvalue weighted by Gasteiger charge is -2.09. The zero-order chi connectivity index (χ0) is 18.5. The van der Waals surface area contributed by atoms with Gasteiger partial charge in [0.25, 0.3) is 5.91 Å². The standard InChI is InChI=1S/C22H19N3O2/c1-12-3-4-15-10-17(13(2)23-18(15)9-12)21(26)24-16-7-8-20-19(11-16)25-22(27-20)14-5-6-14/h3-4,7-11,14H,5-6H2,1-2H3,(H,24,26). The van der Waals surface area contributed by atoms with E-state index in [-0.39, 0.29) is 5.91 Å². The van der Waals surface area contributed by atoms with Gasteiger partial charge in [0, 0.05) is 17.0 Å². The Labute approximate surface area is 156 Å². The number of fused-ring (bicyclic) bond motifs is 2. The van der Waals surface area contributed by atoms with Crippen LogP contribution in [0.25, 0.3) is 22.0 Å². The number of aryl methyl sites for hydroxylation is 2. The first-order valence-corrected chi connectivity index (χ1v) is 9.17. The van der Waals surface area contributed by atoms with E-state index < -0.39 is 0 Å². The number of aromatic nitrogens is 2. The average Bonchev–Trinajstić information content (AvgIpc) is 3.40. The second-order valence-corrected chi connectivity index (χ2v) is 7.28. The number of nitrogens with one attached hydrogen (secondary N) is 1. The lowest BCUT2D eigenvalue weighted by Crippen LogP contribution is -2.14. The Hall–Kier alpha value is -3.21. The minimum atomic E-state index is -0.173. The van der Waals surface area contributed by atoms with Gasteiger partial charge in [-0.1, -0.05) is 12.1 Å². The van der Waals surface area contributed by atoms with Crippen LogP contribution in [0.5, 0.6) is 0 Å². The second kappa shape index (κ2) is 5.91. The van der Waals surface area contributed by atoms with Crippen LogP contribution >= 0.6 is 0 Å². The van der Waals surface area contributed by atoms with E-state index in [9.17, 15) is 4.79 Å². The van der Waals surface area contributed by atoms with Crippen molar-refractivity contribution in [2.45, 2.75) is 32.6 Å². The van der Waals surface area contributed by atoms with E-state index in [0.717, 1.165) is 46.3 Å². The molecule has 2 heterocycles. The molecular weight excluding hydrogens is 338 g/mol. The van der Waals surface area contributed by atoms with Crippen LogP contribution in [-0.2, 0) is 0 Å². The molecule has 1 fully saturated rings. The zero-order valence-corrected chi connectivity index (χ0v) is 15.2. The highest BCUT2D eigenvalue weighted by atomic mass is 16.3. The summed E-state index contributed by atoms with van der Waals surface area (Å²) in [5.74, 6) is 1.09. The molecule has 0 atom stereocenters. The molecule has 0 bridgehead atoms. The molecule has 0 saturated heterocycles. The summed E-state index contributed by atoms with van der Waals surface area (Å²) in [4.78, 5) is 22.0. The van der Waals surface area contributed by atoms with Crippen LogP contribution in [0.1, 0.15) is 46.3 Å². The first-order valence-electron chi connectivity index (χ1n) is 9.17. The van der Waals surface area contributed by atoms with Crippen molar-refractivity contribution < 1.29 is 9.21 Å². The van der Waals surface area contributed by atoms with Gasteiger partial charge < -0.3 is 9.73 Å². The molecule has 1 aliphatic rings. The van der Waals surface area contributed by atoms with Crippen molar-refractivity contribution in [2.75, 3.05) is 5.32 Å². The minimum absolute atomic E-state index is 0.173. The molecule has 2 aromatic carbocycles. The summed E-state index contributed by atoms with van der Waals surface area (Å²) in [6.07, 6.45) is 2.29. The fourth-order valence-corrected chi connectivity index (χ4v) is 3.33. The van der Waals surface area contributed by atoms with Gasteiger partial charge in [-0.25, -0.2) is 4.98 Å². The normalized spacial score (nSPS) is 14.0. The third kappa shape index (κ3) is 2.95. The van der Waals surface area contributed by atoms with E-state index in [2.05, 4.69) is 15.3 Å². The Morgan fingerprint density at radius 3 is 2.70 bits per heavy atom. The molecule has 0 radical (unpaired) electrons. The van der Waals surface area contributed by atoms with Gasteiger partial charge in [-0.2, -0.15) is 0 Å². The predicted molar refractivity (Wildman–Crippen MR) is 105 cm³/mol. The number of benzene rings is 2. The molecule has 1 N–H and O–H groups in total. The van der Waals surface area contributed by atoms with Gasteiger partial charge in [0.15, 0.2) is 11.5 Å². The largest absolute Gasteiger partial charge is 0.440 e. The van der Waals surface area contributed by atoms with Gasteiger partial charge in [-0.15, -0.1) is 0 Å². The van der Waals surface area contributed by atoms with Gasteiger partial charge in [0.1, 0.15) is 5.52 Å². The Bertz CT molecular complexity index is 1210. The topological polar surface area (TPSA) is 68.0 Å². The monoisotopic (exact) mass is 357 g/mol. The van der Waals surface area contributed by atoms with Crippen LogP contribution in [0.2, 0.25) is 0 Å². The molecule has 0 aliphatic heterocycles. The van der Waals surface area contributed by atoms with E-state index in [4.69, 9.17) is 4.42 Å². The second-order valence-electron chi connectivity index (χ2n) is 7.28. The van der Waals surface area contributed by atoms with E-state index in [1.165, 1.54) is 0 Å². The summed E-state index contributed by atoms with van der Waals surface area (Å²) >= 11 is 0. The molecule has 0 spiro atoms. The molecule has 1 saturated carbocycles. The number of nitrogens with zero attached hydrogens (tertiary/aromatic N) is 2. The molecule has 2 aromatic heterocycles. The summed E-state index contributed by atoms with van der Waals surface area (Å²) in [6.45, 7) is 3.89. The maximum absolute atomic E-state index is 12.8. The van der Waals surface area contributed by atoms with E-state index in [1.807, 2.05) is 56.3 Å². The van der Waals surface area contributed by atoms with Crippen molar-refractivity contribution in [3.05, 3.63) is 65.2 Å². The summed E-state index contributed by atoms with van der Waals surface area (Å²) in [5, 5.41) is 3.92. The molecule has 1 amide bonds. The molecule has 27 heavy (non-hydrogen) atoms. The molecule has 5 heteroatoms. The molecule has 1 aliphatic carbocycles. The summed E-state index contributed by atoms with van der Waals surface area (Å²) < 4.78 is 5.78. The molecule has 134 valence electrons. The third-order valence-corrected chi connectivity index (χ3v) is 5.00. The van der Waals surface area contributed by atoms with E-state index >= 15 is 0 Å². The summed E-state index contributed by atoms with van der Waals surface area (Å²) in [5.41, 5.74) is 5.58. The van der Waals surface area contributed by atoms with Crippen LogP contribution in [0, 0.1) is 13.8 Å². The van der Waals surface area contributed by atoms with Gasteiger partial charge in [0.2, 0.25) is 0 Å². The molecule has 4 aromatic rings. The molecule has 0 unspecified atom stereocenters.